The molecular formula is C12H11ClN2O3S2. The second kappa shape index (κ2) is 5.82. The minimum atomic E-state index is -3.63. The lowest BCUT2D eigenvalue weighted by Crippen LogP contribution is -2.11. The lowest BCUT2D eigenvalue weighted by Gasteiger charge is -2.07. The molecule has 1 aromatic carbocycles. The quantitative estimate of drug-likeness (QED) is 0.512. The Bertz CT molecular complexity index is 736. The maximum atomic E-state index is 12.1. The summed E-state index contributed by atoms with van der Waals surface area (Å²) in [5, 5.41) is 11.7. The Hall–Kier alpha value is -1.57. The van der Waals surface area contributed by atoms with Crippen molar-refractivity contribution in [1.82, 2.24) is 0 Å². The van der Waals surface area contributed by atoms with Gasteiger partial charge in [-0.25, -0.2) is 8.42 Å². The highest BCUT2D eigenvalue weighted by Crippen LogP contribution is 2.27. The SMILES string of the molecule is C/C(=N\O)c1ccc(NS(=O)(=O)c2ccc(Cl)s2)cc1. The van der Waals surface area contributed by atoms with Crippen LogP contribution < -0.4 is 4.72 Å². The summed E-state index contributed by atoms with van der Waals surface area (Å²) in [7, 11) is -3.63. The number of halogens is 1. The molecule has 0 saturated carbocycles. The molecule has 2 aromatic rings. The number of sulfonamides is 1. The highest BCUT2D eigenvalue weighted by atomic mass is 35.5. The second-order valence-electron chi connectivity index (χ2n) is 3.93. The Morgan fingerprint density at radius 2 is 1.90 bits per heavy atom. The average molecular weight is 331 g/mol. The number of hydrogen-bond donors (Lipinski definition) is 2. The third-order valence-electron chi connectivity index (χ3n) is 2.52. The van der Waals surface area contributed by atoms with E-state index in [0.717, 1.165) is 11.3 Å². The average Bonchev–Trinajstić information content (AvgIpc) is 2.86. The van der Waals surface area contributed by atoms with Crippen molar-refractivity contribution in [2.45, 2.75) is 11.1 Å². The number of thiophene rings is 1. The van der Waals surface area contributed by atoms with Gasteiger partial charge in [0.2, 0.25) is 0 Å². The Morgan fingerprint density at radius 3 is 2.40 bits per heavy atom. The fourth-order valence-electron chi connectivity index (χ4n) is 1.48. The van der Waals surface area contributed by atoms with Crippen LogP contribution in [0, 0.1) is 0 Å². The summed E-state index contributed by atoms with van der Waals surface area (Å²) in [6.07, 6.45) is 0. The normalized spacial score (nSPS) is 12.4. The predicted molar refractivity (Wildman–Crippen MR) is 80.6 cm³/mol. The Kier molecular flexibility index (Phi) is 4.32. The minimum absolute atomic E-state index is 0.152. The van der Waals surface area contributed by atoms with Gasteiger partial charge in [-0.1, -0.05) is 28.9 Å². The lowest BCUT2D eigenvalue weighted by atomic mass is 10.1. The number of benzene rings is 1. The largest absolute Gasteiger partial charge is 0.411 e. The van der Waals surface area contributed by atoms with Crippen LogP contribution in [0.2, 0.25) is 4.34 Å². The Labute approximate surface area is 125 Å². The van der Waals surface area contributed by atoms with Gasteiger partial charge in [-0.05, 0) is 36.8 Å². The zero-order chi connectivity index (χ0) is 14.8. The molecule has 0 aliphatic rings. The van der Waals surface area contributed by atoms with E-state index in [0.29, 0.717) is 21.3 Å². The number of nitrogens with zero attached hydrogens (tertiary/aromatic N) is 1. The second-order valence-corrected chi connectivity index (χ2v) is 7.55. The summed E-state index contributed by atoms with van der Waals surface area (Å²) >= 11 is 6.72. The van der Waals surface area contributed by atoms with E-state index in [-0.39, 0.29) is 4.21 Å². The van der Waals surface area contributed by atoms with E-state index in [1.165, 1.54) is 12.1 Å². The topological polar surface area (TPSA) is 78.8 Å². The molecule has 0 atom stereocenters. The Morgan fingerprint density at radius 1 is 1.25 bits per heavy atom. The van der Waals surface area contributed by atoms with Gasteiger partial charge in [-0.2, -0.15) is 0 Å². The van der Waals surface area contributed by atoms with Crippen molar-refractivity contribution in [3.8, 4) is 0 Å². The van der Waals surface area contributed by atoms with Gasteiger partial charge in [0.1, 0.15) is 4.21 Å². The van der Waals surface area contributed by atoms with Gasteiger partial charge in [-0.3, -0.25) is 4.72 Å². The van der Waals surface area contributed by atoms with Gasteiger partial charge >= 0.3 is 0 Å². The standard InChI is InChI=1S/C12H11ClN2O3S2/c1-8(14-16)9-2-4-10(5-3-9)15-20(17,18)12-7-6-11(13)19-12/h2-7,15-16H,1H3/b14-8+. The molecule has 0 radical (unpaired) electrons. The van der Waals surface area contributed by atoms with E-state index in [4.69, 9.17) is 16.8 Å². The summed E-state index contributed by atoms with van der Waals surface area (Å²) in [5.74, 6) is 0. The van der Waals surface area contributed by atoms with Gasteiger partial charge in [0, 0.05) is 5.69 Å². The van der Waals surface area contributed by atoms with Crippen LogP contribution in [0.3, 0.4) is 0 Å². The number of oxime groups is 1. The lowest BCUT2D eigenvalue weighted by molar-refractivity contribution is 0.319. The first-order valence-corrected chi connectivity index (χ1v) is 8.17. The maximum absolute atomic E-state index is 12.1. The van der Waals surface area contributed by atoms with Gasteiger partial charge in [0.25, 0.3) is 10.0 Å². The first kappa shape index (κ1) is 14.8. The van der Waals surface area contributed by atoms with Crippen molar-refractivity contribution in [3.63, 3.8) is 0 Å². The van der Waals surface area contributed by atoms with Crippen molar-refractivity contribution < 1.29 is 13.6 Å². The minimum Gasteiger partial charge on any atom is -0.411 e. The van der Waals surface area contributed by atoms with Crippen molar-refractivity contribution in [2.75, 3.05) is 4.72 Å². The van der Waals surface area contributed by atoms with Crippen molar-refractivity contribution in [1.29, 1.82) is 0 Å². The molecule has 0 unspecified atom stereocenters. The number of anilines is 1. The fraction of sp³-hybridized carbons (Fsp3) is 0.0833. The molecule has 5 nitrogen and oxygen atoms in total. The summed E-state index contributed by atoms with van der Waals surface area (Å²) < 4.78 is 27.2. The molecule has 2 rings (SSSR count). The molecule has 0 bridgehead atoms. The van der Waals surface area contributed by atoms with E-state index in [1.807, 2.05) is 0 Å². The van der Waals surface area contributed by atoms with Crippen molar-refractivity contribution >= 4 is 44.4 Å². The van der Waals surface area contributed by atoms with Gasteiger partial charge < -0.3 is 5.21 Å². The third kappa shape index (κ3) is 3.30. The molecule has 106 valence electrons. The van der Waals surface area contributed by atoms with E-state index < -0.39 is 10.0 Å². The van der Waals surface area contributed by atoms with Crippen LogP contribution in [0.1, 0.15) is 12.5 Å². The molecule has 20 heavy (non-hydrogen) atoms. The van der Waals surface area contributed by atoms with E-state index in [1.54, 1.807) is 31.2 Å². The van der Waals surface area contributed by atoms with Gasteiger partial charge in [0.15, 0.2) is 0 Å². The van der Waals surface area contributed by atoms with Crippen molar-refractivity contribution in [3.05, 3.63) is 46.3 Å². The van der Waals surface area contributed by atoms with Crippen LogP contribution in [0.25, 0.3) is 0 Å². The van der Waals surface area contributed by atoms with Crippen LogP contribution in [-0.2, 0) is 10.0 Å². The highest BCUT2D eigenvalue weighted by molar-refractivity contribution is 7.94. The summed E-state index contributed by atoms with van der Waals surface area (Å²) in [5.41, 5.74) is 1.57. The third-order valence-corrected chi connectivity index (χ3v) is 5.62. The molecule has 0 fully saturated rings. The summed E-state index contributed by atoms with van der Waals surface area (Å²) in [6.45, 7) is 1.65. The van der Waals surface area contributed by atoms with Crippen LogP contribution >= 0.6 is 22.9 Å². The van der Waals surface area contributed by atoms with Crippen LogP contribution in [0.5, 0.6) is 0 Å². The van der Waals surface area contributed by atoms with E-state index in [9.17, 15) is 8.42 Å². The Balaban J connectivity index is 2.22. The van der Waals surface area contributed by atoms with E-state index >= 15 is 0 Å². The van der Waals surface area contributed by atoms with Crippen LogP contribution in [0.4, 0.5) is 5.69 Å². The van der Waals surface area contributed by atoms with Gasteiger partial charge in [0.05, 0.1) is 10.0 Å². The molecule has 1 aromatic heterocycles. The zero-order valence-electron chi connectivity index (χ0n) is 10.4. The molecule has 0 amide bonds. The molecule has 0 aliphatic carbocycles. The molecule has 1 heterocycles. The first-order chi connectivity index (χ1) is 9.42. The maximum Gasteiger partial charge on any atom is 0.271 e. The molecule has 0 aliphatic heterocycles. The predicted octanol–water partition coefficient (Wildman–Crippen LogP) is 3.40. The van der Waals surface area contributed by atoms with Gasteiger partial charge in [-0.15, -0.1) is 11.3 Å². The number of rotatable bonds is 4. The van der Waals surface area contributed by atoms with Crippen molar-refractivity contribution in [2.24, 2.45) is 5.16 Å². The molecular weight excluding hydrogens is 320 g/mol. The molecule has 0 saturated heterocycles. The summed E-state index contributed by atoms with van der Waals surface area (Å²) in [4.78, 5) is 0. The van der Waals surface area contributed by atoms with Crippen LogP contribution in [0.15, 0.2) is 45.8 Å². The van der Waals surface area contributed by atoms with E-state index in [2.05, 4.69) is 9.88 Å². The molecule has 2 N–H and O–H groups in total. The summed E-state index contributed by atoms with van der Waals surface area (Å²) in [6, 6.07) is 9.49. The van der Waals surface area contributed by atoms with Crippen LogP contribution in [-0.4, -0.2) is 19.3 Å². The monoisotopic (exact) mass is 330 g/mol. The number of nitrogens with one attached hydrogen (secondary N) is 1. The molecule has 8 heteroatoms. The highest BCUT2D eigenvalue weighted by Gasteiger charge is 2.16. The zero-order valence-corrected chi connectivity index (χ0v) is 12.8. The first-order valence-electron chi connectivity index (χ1n) is 5.49. The number of hydrogen-bond acceptors (Lipinski definition) is 5. The fourth-order valence-corrected chi connectivity index (χ4v) is 4.03. The molecule has 0 spiro atoms. The smallest absolute Gasteiger partial charge is 0.271 e.